The van der Waals surface area contributed by atoms with Crippen LogP contribution in [0.25, 0.3) is 0 Å². The summed E-state index contributed by atoms with van der Waals surface area (Å²) in [7, 11) is -4.57. The van der Waals surface area contributed by atoms with E-state index in [2.05, 4.69) is 0 Å². The first-order chi connectivity index (χ1) is 6.16. The van der Waals surface area contributed by atoms with Gasteiger partial charge in [-0.15, -0.1) is 12.6 Å². The predicted octanol–water partition coefficient (Wildman–Crippen LogP) is 2.59. The zero-order chi connectivity index (χ0) is 11.8. The maximum Gasteiger partial charge on any atom is 0.591 e. The van der Waals surface area contributed by atoms with Crippen molar-refractivity contribution >= 4 is 14.0 Å². The maximum atomic E-state index is 10.3. The van der Waals surface area contributed by atoms with Crippen LogP contribution in [-0.4, -0.2) is 25.8 Å². The van der Waals surface area contributed by atoms with E-state index >= 15 is 0 Å². The molecule has 0 amide bonds. The van der Waals surface area contributed by atoms with Crippen LogP contribution < -0.4 is 0 Å². The summed E-state index contributed by atoms with van der Waals surface area (Å²) in [6.45, 7) is 3.62. The number of carbonyl (C=O) groups is 1. The quantitative estimate of drug-likeness (QED) is 0.558. The Morgan fingerprint density at radius 1 is 1.43 bits per heavy atom. The van der Waals surface area contributed by atoms with Crippen molar-refractivity contribution in [1.82, 2.24) is 0 Å². The Hall–Kier alpha value is -0.550. The molecule has 0 aromatic carbocycles. The number of rotatable bonds is 3. The number of hydrogen-bond acceptors (Lipinski definition) is 4. The van der Waals surface area contributed by atoms with Gasteiger partial charge in [0.2, 0.25) is 0 Å². The minimum Gasteiger partial charge on any atom is -0.460 e. The van der Waals surface area contributed by atoms with E-state index in [4.69, 9.17) is 14.0 Å². The van der Waals surface area contributed by atoms with Gasteiger partial charge < -0.3 is 9.47 Å². The molecule has 0 aromatic rings. The standard InChI is InChI=1S/C6H12O3.F3OP/c1-5(4-8-3)9-6(2)7;1-5(2,3)4/h5H,4H2,1-3H3;. The molecule has 0 radical (unpaired) electrons. The molecule has 0 saturated heterocycles. The molecule has 0 bridgehead atoms. The van der Waals surface area contributed by atoms with Gasteiger partial charge >= 0.3 is 14.0 Å². The molecule has 0 heterocycles. The third-order valence-electron chi connectivity index (χ3n) is 0.769. The second kappa shape index (κ2) is 7.82. The predicted molar refractivity (Wildman–Crippen MR) is 44.0 cm³/mol. The second-order valence-electron chi connectivity index (χ2n) is 2.27. The number of carbonyl (C=O) groups excluding carboxylic acids is 1. The minimum atomic E-state index is -6.14. The van der Waals surface area contributed by atoms with E-state index in [1.807, 2.05) is 0 Å². The van der Waals surface area contributed by atoms with E-state index in [1.165, 1.54) is 6.92 Å². The van der Waals surface area contributed by atoms with E-state index < -0.39 is 8.07 Å². The van der Waals surface area contributed by atoms with Gasteiger partial charge in [0, 0.05) is 14.0 Å². The summed E-state index contributed by atoms with van der Waals surface area (Å²) in [5.74, 6) is -0.264. The molecule has 86 valence electrons. The van der Waals surface area contributed by atoms with Gasteiger partial charge in [-0.05, 0) is 6.92 Å². The molecule has 0 saturated carbocycles. The average Bonchev–Trinajstić information content (AvgIpc) is 1.80. The fourth-order valence-corrected chi connectivity index (χ4v) is 0.552. The Kier molecular flexibility index (Phi) is 8.88. The summed E-state index contributed by atoms with van der Waals surface area (Å²) in [4.78, 5) is 10.3. The van der Waals surface area contributed by atoms with Gasteiger partial charge in [0.05, 0.1) is 6.61 Å². The van der Waals surface area contributed by atoms with E-state index in [-0.39, 0.29) is 12.1 Å². The molecule has 0 spiro atoms. The first-order valence-electron chi connectivity index (χ1n) is 3.52. The van der Waals surface area contributed by atoms with Crippen molar-refractivity contribution in [3.8, 4) is 0 Å². The van der Waals surface area contributed by atoms with Gasteiger partial charge in [-0.3, -0.25) is 4.79 Å². The Morgan fingerprint density at radius 2 is 1.79 bits per heavy atom. The van der Waals surface area contributed by atoms with Gasteiger partial charge in [-0.25, -0.2) is 4.57 Å². The van der Waals surface area contributed by atoms with Crippen LogP contribution in [0.1, 0.15) is 13.8 Å². The number of halogens is 3. The Labute approximate surface area is 80.1 Å². The van der Waals surface area contributed by atoms with E-state index in [9.17, 15) is 17.4 Å². The van der Waals surface area contributed by atoms with Gasteiger partial charge in [0.15, 0.2) is 0 Å². The minimum absolute atomic E-state index is 0.132. The average molecular weight is 236 g/mol. The van der Waals surface area contributed by atoms with Crippen LogP contribution in [0.3, 0.4) is 0 Å². The third-order valence-corrected chi connectivity index (χ3v) is 0.769. The molecule has 0 rings (SSSR count). The van der Waals surface area contributed by atoms with Crippen molar-refractivity contribution in [3.63, 3.8) is 0 Å². The van der Waals surface area contributed by atoms with E-state index in [0.29, 0.717) is 6.61 Å². The van der Waals surface area contributed by atoms with Gasteiger partial charge in [-0.2, -0.15) is 0 Å². The zero-order valence-electron chi connectivity index (χ0n) is 8.00. The molecule has 0 aliphatic heterocycles. The summed E-state index contributed by atoms with van der Waals surface area (Å²) >= 11 is 0. The molecular weight excluding hydrogens is 224 g/mol. The highest BCUT2D eigenvalue weighted by Crippen LogP contribution is 2.50. The van der Waals surface area contributed by atoms with Crippen LogP contribution in [0.4, 0.5) is 12.6 Å². The number of methoxy groups -OCH3 is 1. The van der Waals surface area contributed by atoms with E-state index in [0.717, 1.165) is 0 Å². The lowest BCUT2D eigenvalue weighted by molar-refractivity contribution is -0.147. The Morgan fingerprint density at radius 3 is 2.00 bits per heavy atom. The van der Waals surface area contributed by atoms with Crippen LogP contribution >= 0.6 is 8.07 Å². The summed E-state index contributed by atoms with van der Waals surface area (Å²) in [5.41, 5.74) is 0. The van der Waals surface area contributed by atoms with Crippen molar-refractivity contribution in [3.05, 3.63) is 0 Å². The molecule has 4 nitrogen and oxygen atoms in total. The van der Waals surface area contributed by atoms with E-state index in [1.54, 1.807) is 14.0 Å². The lowest BCUT2D eigenvalue weighted by Gasteiger charge is -2.08. The molecular formula is C6H12F3O4P. The van der Waals surface area contributed by atoms with Crippen molar-refractivity contribution < 1.29 is 31.4 Å². The molecule has 1 atom stereocenters. The molecule has 14 heavy (non-hydrogen) atoms. The lowest BCUT2D eigenvalue weighted by Crippen LogP contribution is -2.17. The molecule has 0 aliphatic rings. The smallest absolute Gasteiger partial charge is 0.460 e. The van der Waals surface area contributed by atoms with Crippen LogP contribution in [0.2, 0.25) is 0 Å². The highest BCUT2D eigenvalue weighted by molar-refractivity contribution is 7.47. The highest BCUT2D eigenvalue weighted by Gasteiger charge is 2.13. The van der Waals surface area contributed by atoms with Crippen molar-refractivity contribution in [1.29, 1.82) is 0 Å². The highest BCUT2D eigenvalue weighted by atomic mass is 31.3. The second-order valence-corrected chi connectivity index (χ2v) is 3.07. The number of ether oxygens (including phenoxy) is 2. The third kappa shape index (κ3) is 30.1. The lowest BCUT2D eigenvalue weighted by atomic mass is 10.4. The summed E-state index contributed by atoms with van der Waals surface area (Å²) in [6, 6.07) is 0. The summed E-state index contributed by atoms with van der Waals surface area (Å²) < 4.78 is 47.4. The van der Waals surface area contributed by atoms with Crippen LogP contribution in [-0.2, 0) is 18.8 Å². The fraction of sp³-hybridized carbons (Fsp3) is 0.833. The Balaban J connectivity index is 0. The SMILES string of the molecule is COCC(C)OC(C)=O.O=P(F)(F)F. The van der Waals surface area contributed by atoms with Gasteiger partial charge in [0.1, 0.15) is 6.10 Å². The normalized spacial score (nSPS) is 12.4. The van der Waals surface area contributed by atoms with Crippen molar-refractivity contribution in [2.45, 2.75) is 20.0 Å². The van der Waals surface area contributed by atoms with Crippen LogP contribution in [0.5, 0.6) is 0 Å². The number of hydrogen-bond donors (Lipinski definition) is 0. The topological polar surface area (TPSA) is 52.6 Å². The fourth-order valence-electron chi connectivity index (χ4n) is 0.552. The van der Waals surface area contributed by atoms with Crippen molar-refractivity contribution in [2.24, 2.45) is 0 Å². The molecule has 8 heteroatoms. The molecule has 1 unspecified atom stereocenters. The molecule has 0 aliphatic carbocycles. The first-order valence-corrected chi connectivity index (χ1v) is 4.90. The zero-order valence-corrected chi connectivity index (χ0v) is 8.89. The molecule has 0 aromatic heterocycles. The largest absolute Gasteiger partial charge is 0.591 e. The first kappa shape index (κ1) is 15.9. The molecule has 0 fully saturated rings. The monoisotopic (exact) mass is 236 g/mol. The van der Waals surface area contributed by atoms with Gasteiger partial charge in [-0.1, -0.05) is 0 Å². The molecule has 0 N–H and O–H groups in total. The summed E-state index contributed by atoms with van der Waals surface area (Å²) in [5, 5.41) is 0. The maximum absolute atomic E-state index is 10.3. The van der Waals surface area contributed by atoms with Crippen molar-refractivity contribution in [2.75, 3.05) is 13.7 Å². The summed E-state index contributed by atoms with van der Waals surface area (Å²) in [6.07, 6.45) is -0.132. The van der Waals surface area contributed by atoms with Crippen LogP contribution in [0.15, 0.2) is 0 Å². The number of esters is 1. The van der Waals surface area contributed by atoms with Crippen LogP contribution in [0, 0.1) is 0 Å². The Bertz CT molecular complexity index is 197. The van der Waals surface area contributed by atoms with Gasteiger partial charge in [0.25, 0.3) is 0 Å².